The summed E-state index contributed by atoms with van der Waals surface area (Å²) < 4.78 is 5.36. The highest BCUT2D eigenvalue weighted by atomic mass is 15.0. The van der Waals surface area contributed by atoms with E-state index in [-0.39, 0.29) is 6.71 Å². The van der Waals surface area contributed by atoms with Gasteiger partial charge in [0.15, 0.2) is 0 Å². The van der Waals surface area contributed by atoms with Gasteiger partial charge >= 0.3 is 0 Å². The number of nitrogens with zero attached hydrogens (tertiary/aromatic N) is 2. The number of rotatable bonds is 2. The van der Waals surface area contributed by atoms with E-state index in [1.165, 1.54) is 201 Å². The van der Waals surface area contributed by atoms with Crippen LogP contribution in [0.5, 0.6) is 0 Å². The van der Waals surface area contributed by atoms with Crippen LogP contribution in [0.4, 0.5) is 0 Å². The lowest BCUT2D eigenvalue weighted by molar-refractivity contribution is 1.14. The Morgan fingerprint density at radius 1 is 0.224 bits per heavy atom. The largest absolute Gasteiger partial charge is 0.310 e. The van der Waals surface area contributed by atoms with Gasteiger partial charge in [0.2, 0.25) is 0 Å². The number of aromatic nitrogens is 2. The molecule has 4 heterocycles. The summed E-state index contributed by atoms with van der Waals surface area (Å²) in [5.41, 5.74) is 16.6. The monoisotopic (exact) mass is 1070 g/mol. The first-order valence-corrected chi connectivity index (χ1v) is 29.8. The summed E-state index contributed by atoms with van der Waals surface area (Å²) in [4.78, 5) is 0. The Kier molecular flexibility index (Phi) is 8.38. The van der Waals surface area contributed by atoms with Crippen molar-refractivity contribution < 1.29 is 0 Å². The highest BCUT2D eigenvalue weighted by molar-refractivity contribution is 7.02. The lowest BCUT2D eigenvalue weighted by Gasteiger charge is -2.35. The molecule has 2 aliphatic rings. The predicted octanol–water partition coefficient (Wildman–Crippen LogP) is 19.9. The van der Waals surface area contributed by atoms with Crippen molar-refractivity contribution in [3.8, 4) is 33.6 Å². The van der Waals surface area contributed by atoms with Crippen molar-refractivity contribution in [2.75, 3.05) is 0 Å². The summed E-state index contributed by atoms with van der Waals surface area (Å²) >= 11 is 0. The van der Waals surface area contributed by atoms with Crippen molar-refractivity contribution in [3.05, 3.63) is 273 Å². The maximum absolute atomic E-state index is 2.70. The van der Waals surface area contributed by atoms with Crippen LogP contribution in [0.25, 0.3) is 185 Å². The predicted molar refractivity (Wildman–Crippen MR) is 366 cm³/mol. The van der Waals surface area contributed by atoms with E-state index < -0.39 is 0 Å². The third kappa shape index (κ3) is 5.62. The summed E-state index contributed by atoms with van der Waals surface area (Å²) in [6, 6.07) is 105. The molecule has 0 spiro atoms. The molecule has 0 unspecified atom stereocenters. The normalized spacial score (nSPS) is 12.9. The first kappa shape index (κ1) is 44.6. The van der Waals surface area contributed by atoms with Crippen molar-refractivity contribution in [2.24, 2.45) is 0 Å². The van der Waals surface area contributed by atoms with E-state index in [2.05, 4.69) is 282 Å². The summed E-state index contributed by atoms with van der Waals surface area (Å²) in [5, 5.41) is 30.6. The summed E-state index contributed by atoms with van der Waals surface area (Å²) in [7, 11) is 0. The molecule has 386 valence electrons. The van der Waals surface area contributed by atoms with Crippen LogP contribution in [0.15, 0.2) is 273 Å². The Labute approximate surface area is 487 Å². The Hall–Kier alpha value is -11.0. The van der Waals surface area contributed by atoms with Crippen LogP contribution >= 0.6 is 0 Å². The quantitative estimate of drug-likeness (QED) is 0.0928. The van der Waals surface area contributed by atoms with Gasteiger partial charge in [0.05, 0.1) is 16.6 Å². The molecule has 3 heteroatoms. The smallest absolute Gasteiger partial charge is 0.253 e. The molecular weight excluding hydrogens is 1020 g/mol. The van der Waals surface area contributed by atoms with E-state index in [4.69, 9.17) is 0 Å². The lowest BCUT2D eigenvalue weighted by Crippen LogP contribution is -2.59. The van der Waals surface area contributed by atoms with Gasteiger partial charge in [-0.25, -0.2) is 0 Å². The van der Waals surface area contributed by atoms with Crippen LogP contribution < -0.4 is 16.4 Å². The molecule has 2 aliphatic heterocycles. The van der Waals surface area contributed by atoms with Gasteiger partial charge < -0.3 is 9.13 Å². The zero-order valence-corrected chi connectivity index (χ0v) is 46.0. The summed E-state index contributed by atoms with van der Waals surface area (Å²) in [6.45, 7) is -0.142. The third-order valence-corrected chi connectivity index (χ3v) is 20.1. The Bertz CT molecular complexity index is 6250. The standard InChI is InChI=1S/C82H45BN2/c1-5-22-52-46(18-1)38-47-19-2-6-23-53(47)76(52)50-36-37-72-66(40-50)69-41-51(77-54-24-7-3-20-48(54)39-49-21-4-8-25-55(49)77)42-71-81(69)84(72)73-34-17-35-74-79(73)83(71)80-78-63-33-16-15-29-59(63)58-28-11-14-32-62(58)68(78)44-70-67-43-64-60-30-12-9-26-56(60)57-27-10-13-31-61(57)65(64)45-75(67)85(74)82(70)80/h1-45H. The molecule has 2 nitrogen and oxygen atoms in total. The minimum Gasteiger partial charge on any atom is -0.310 e. The Morgan fingerprint density at radius 3 is 1.18 bits per heavy atom. The average molecular weight is 1070 g/mol. The van der Waals surface area contributed by atoms with Crippen molar-refractivity contribution in [2.45, 2.75) is 0 Å². The van der Waals surface area contributed by atoms with Crippen LogP contribution in [-0.4, -0.2) is 15.8 Å². The molecule has 0 amide bonds. The highest BCUT2D eigenvalue weighted by Gasteiger charge is 2.43. The molecule has 85 heavy (non-hydrogen) atoms. The average Bonchev–Trinajstić information content (AvgIpc) is 1.84. The molecule has 0 atom stereocenters. The molecule has 21 rings (SSSR count). The second-order valence-corrected chi connectivity index (χ2v) is 24.1. The van der Waals surface area contributed by atoms with Gasteiger partial charge in [0, 0.05) is 38.4 Å². The van der Waals surface area contributed by atoms with Gasteiger partial charge in [0.25, 0.3) is 6.71 Å². The topological polar surface area (TPSA) is 9.86 Å². The SMILES string of the molecule is c1cc2c3c(c1)-n1c4cc5c6ccccc6c6ccccc6c5cc4c4cc5c6ccccc6c6ccccc6c5c(c41)B3c1cc(-c3c4ccccc4cc4ccccc34)cc3c4cc(-c5c6ccccc6cc6ccccc56)ccc4n-2c13. The van der Waals surface area contributed by atoms with Crippen LogP contribution in [0, 0.1) is 0 Å². The minimum atomic E-state index is -0.142. The molecule has 0 saturated carbocycles. The third-order valence-electron chi connectivity index (χ3n) is 20.1. The summed E-state index contributed by atoms with van der Waals surface area (Å²) in [6.07, 6.45) is 0. The number of benzene rings is 17. The zero-order valence-electron chi connectivity index (χ0n) is 46.0. The molecule has 0 fully saturated rings. The summed E-state index contributed by atoms with van der Waals surface area (Å²) in [5.74, 6) is 0. The second kappa shape index (κ2) is 16.0. The van der Waals surface area contributed by atoms with Gasteiger partial charge in [-0.1, -0.05) is 212 Å². The van der Waals surface area contributed by atoms with Crippen LogP contribution in [-0.2, 0) is 0 Å². The first-order valence-electron chi connectivity index (χ1n) is 29.8. The fourth-order valence-corrected chi connectivity index (χ4v) is 16.8. The van der Waals surface area contributed by atoms with E-state index in [1.807, 2.05) is 0 Å². The van der Waals surface area contributed by atoms with Gasteiger partial charge in [-0.05, 0) is 207 Å². The first-order chi connectivity index (χ1) is 42.2. The maximum atomic E-state index is 2.70. The van der Waals surface area contributed by atoms with Crippen molar-refractivity contribution in [1.29, 1.82) is 0 Å². The molecule has 0 saturated heterocycles. The maximum Gasteiger partial charge on any atom is 0.253 e. The van der Waals surface area contributed by atoms with Crippen LogP contribution in [0.1, 0.15) is 0 Å². The Morgan fingerprint density at radius 2 is 0.624 bits per heavy atom. The lowest BCUT2D eigenvalue weighted by atomic mass is 9.33. The fourth-order valence-electron chi connectivity index (χ4n) is 16.8. The Balaban J connectivity index is 0.986. The van der Waals surface area contributed by atoms with Crippen molar-refractivity contribution in [3.63, 3.8) is 0 Å². The molecular formula is C82H45BN2. The van der Waals surface area contributed by atoms with Crippen molar-refractivity contribution in [1.82, 2.24) is 9.13 Å². The van der Waals surface area contributed by atoms with Gasteiger partial charge in [-0.3, -0.25) is 0 Å². The molecule has 0 radical (unpaired) electrons. The second-order valence-electron chi connectivity index (χ2n) is 24.1. The van der Waals surface area contributed by atoms with Crippen molar-refractivity contribution >= 4 is 174 Å². The zero-order chi connectivity index (χ0) is 54.9. The number of hydrogen-bond acceptors (Lipinski definition) is 0. The molecule has 2 aromatic heterocycles. The van der Waals surface area contributed by atoms with E-state index in [0.717, 1.165) is 0 Å². The van der Waals surface area contributed by atoms with E-state index >= 15 is 0 Å². The highest BCUT2D eigenvalue weighted by Crippen LogP contribution is 2.49. The van der Waals surface area contributed by atoms with Crippen LogP contribution in [0.3, 0.4) is 0 Å². The van der Waals surface area contributed by atoms with Gasteiger partial charge in [0.1, 0.15) is 0 Å². The molecule has 19 aromatic rings. The van der Waals surface area contributed by atoms with E-state index in [0.29, 0.717) is 0 Å². The van der Waals surface area contributed by atoms with Crippen LogP contribution in [0.2, 0.25) is 0 Å². The molecule has 17 aromatic carbocycles. The molecule has 0 bridgehead atoms. The van der Waals surface area contributed by atoms with E-state index in [1.54, 1.807) is 0 Å². The molecule has 0 N–H and O–H groups in total. The molecule has 0 aliphatic carbocycles. The number of fused-ring (bicyclic) bond motifs is 27. The van der Waals surface area contributed by atoms with Gasteiger partial charge in [-0.2, -0.15) is 0 Å². The minimum absolute atomic E-state index is 0.142. The fraction of sp³-hybridized carbons (Fsp3) is 0. The number of hydrogen-bond donors (Lipinski definition) is 0. The van der Waals surface area contributed by atoms with E-state index in [9.17, 15) is 0 Å². The van der Waals surface area contributed by atoms with Gasteiger partial charge in [-0.15, -0.1) is 0 Å².